The molecule has 0 bridgehead atoms. The van der Waals surface area contributed by atoms with E-state index in [9.17, 15) is 4.79 Å². The third kappa shape index (κ3) is 2.15. The molecule has 0 fully saturated rings. The minimum atomic E-state index is -0.384. The summed E-state index contributed by atoms with van der Waals surface area (Å²) >= 11 is 1.63. The van der Waals surface area contributed by atoms with Crippen LogP contribution in [0, 0.1) is 0 Å². The van der Waals surface area contributed by atoms with E-state index in [0.29, 0.717) is 5.92 Å². The van der Waals surface area contributed by atoms with Gasteiger partial charge in [0.15, 0.2) is 0 Å². The fourth-order valence-electron chi connectivity index (χ4n) is 0.911. The summed E-state index contributed by atoms with van der Waals surface area (Å²) in [5.41, 5.74) is -0.384. The van der Waals surface area contributed by atoms with E-state index in [1.807, 2.05) is 20.0 Å². The van der Waals surface area contributed by atoms with Gasteiger partial charge in [0.2, 0.25) is 0 Å². The molecular formula is C10H15NOS. The Morgan fingerprint density at radius 2 is 2.15 bits per heavy atom. The summed E-state index contributed by atoms with van der Waals surface area (Å²) in [5.74, 6) is 0.446. The molecule has 0 aliphatic carbocycles. The predicted molar refractivity (Wildman–Crippen MR) is 55.3 cm³/mol. The molecule has 1 aromatic heterocycles. The third-order valence-electron chi connectivity index (χ3n) is 1.95. The largest absolute Gasteiger partial charge is 0.302 e. The zero-order valence-corrected chi connectivity index (χ0v) is 9.31. The average molecular weight is 197 g/mol. The van der Waals surface area contributed by atoms with E-state index in [2.05, 4.69) is 18.8 Å². The van der Waals surface area contributed by atoms with Crippen molar-refractivity contribution >= 4 is 17.6 Å². The fourth-order valence-corrected chi connectivity index (χ4v) is 1.89. The highest BCUT2D eigenvalue weighted by molar-refractivity contribution is 7.12. The van der Waals surface area contributed by atoms with Gasteiger partial charge in [0.1, 0.15) is 6.29 Å². The van der Waals surface area contributed by atoms with E-state index in [1.54, 1.807) is 11.3 Å². The molecule has 0 radical (unpaired) electrons. The van der Waals surface area contributed by atoms with E-state index in [0.717, 1.165) is 16.2 Å². The van der Waals surface area contributed by atoms with E-state index in [-0.39, 0.29) is 5.41 Å². The van der Waals surface area contributed by atoms with Gasteiger partial charge in [0.25, 0.3) is 0 Å². The van der Waals surface area contributed by atoms with Crippen LogP contribution in [-0.2, 0) is 10.2 Å². The van der Waals surface area contributed by atoms with Crippen LogP contribution >= 0.6 is 11.3 Å². The first kappa shape index (κ1) is 10.4. The van der Waals surface area contributed by atoms with Crippen LogP contribution in [0.2, 0.25) is 0 Å². The Labute approximate surface area is 83.0 Å². The lowest BCUT2D eigenvalue weighted by molar-refractivity contribution is -0.111. The van der Waals surface area contributed by atoms with Gasteiger partial charge in [-0.05, 0) is 13.8 Å². The van der Waals surface area contributed by atoms with Crippen molar-refractivity contribution in [1.82, 2.24) is 4.98 Å². The Kier molecular flexibility index (Phi) is 2.86. The second kappa shape index (κ2) is 3.58. The predicted octanol–water partition coefficient (Wildman–Crippen LogP) is 2.74. The molecule has 1 aromatic rings. The fraction of sp³-hybridized carbons (Fsp3) is 0.600. The van der Waals surface area contributed by atoms with Crippen molar-refractivity contribution < 1.29 is 4.79 Å². The monoisotopic (exact) mass is 197 g/mol. The van der Waals surface area contributed by atoms with Crippen molar-refractivity contribution in [2.24, 2.45) is 0 Å². The summed E-state index contributed by atoms with van der Waals surface area (Å²) in [4.78, 5) is 16.1. The van der Waals surface area contributed by atoms with Crippen LogP contribution in [0.1, 0.15) is 43.5 Å². The molecule has 0 atom stereocenters. The van der Waals surface area contributed by atoms with E-state index in [1.165, 1.54) is 0 Å². The number of aldehydes is 1. The van der Waals surface area contributed by atoms with Crippen molar-refractivity contribution in [2.75, 3.05) is 0 Å². The smallest absolute Gasteiger partial charge is 0.130 e. The van der Waals surface area contributed by atoms with Crippen LogP contribution in [0.15, 0.2) is 6.20 Å². The van der Waals surface area contributed by atoms with Crippen molar-refractivity contribution in [1.29, 1.82) is 0 Å². The maximum atomic E-state index is 10.8. The molecule has 2 nitrogen and oxygen atoms in total. The van der Waals surface area contributed by atoms with Crippen LogP contribution in [0.25, 0.3) is 0 Å². The summed E-state index contributed by atoms with van der Waals surface area (Å²) in [6.07, 6.45) is 2.79. The molecule has 0 spiro atoms. The molecule has 0 aromatic carbocycles. The van der Waals surface area contributed by atoms with E-state index >= 15 is 0 Å². The molecule has 0 saturated carbocycles. The van der Waals surface area contributed by atoms with Gasteiger partial charge < -0.3 is 4.79 Å². The van der Waals surface area contributed by atoms with Crippen LogP contribution < -0.4 is 0 Å². The topological polar surface area (TPSA) is 30.0 Å². The first-order valence-electron chi connectivity index (χ1n) is 4.40. The molecule has 1 rings (SSSR count). The van der Waals surface area contributed by atoms with Crippen LogP contribution in [0.5, 0.6) is 0 Å². The highest BCUT2D eigenvalue weighted by atomic mass is 32.1. The van der Waals surface area contributed by atoms with E-state index in [4.69, 9.17) is 0 Å². The first-order chi connectivity index (χ1) is 5.97. The van der Waals surface area contributed by atoms with Crippen molar-refractivity contribution in [3.63, 3.8) is 0 Å². The standard InChI is InChI=1S/C10H15NOS/c1-7(2)9-11-5-8(13-9)10(3,4)6-12/h5-7H,1-4H3. The number of thiazole rings is 1. The van der Waals surface area contributed by atoms with Gasteiger partial charge >= 0.3 is 0 Å². The van der Waals surface area contributed by atoms with Gasteiger partial charge in [-0.2, -0.15) is 0 Å². The molecule has 0 aliphatic heterocycles. The number of hydrogen-bond acceptors (Lipinski definition) is 3. The molecule has 0 saturated heterocycles. The number of carbonyl (C=O) groups excluding carboxylic acids is 1. The quantitative estimate of drug-likeness (QED) is 0.697. The third-order valence-corrected chi connectivity index (χ3v) is 3.58. The number of rotatable bonds is 3. The highest BCUT2D eigenvalue weighted by Gasteiger charge is 2.22. The Balaban J connectivity index is 2.98. The van der Waals surface area contributed by atoms with Gasteiger partial charge in [0, 0.05) is 17.0 Å². The maximum absolute atomic E-state index is 10.8. The maximum Gasteiger partial charge on any atom is 0.130 e. The minimum absolute atomic E-state index is 0.384. The Morgan fingerprint density at radius 3 is 2.54 bits per heavy atom. The highest BCUT2D eigenvalue weighted by Crippen LogP contribution is 2.29. The summed E-state index contributed by atoms with van der Waals surface area (Å²) < 4.78 is 0. The number of hydrogen-bond donors (Lipinski definition) is 0. The number of nitrogens with zero attached hydrogens (tertiary/aromatic N) is 1. The van der Waals surface area contributed by atoms with E-state index < -0.39 is 0 Å². The second-order valence-electron chi connectivity index (χ2n) is 4.06. The normalized spacial score (nSPS) is 12.1. The van der Waals surface area contributed by atoms with Gasteiger partial charge in [0.05, 0.1) is 10.4 Å². The zero-order chi connectivity index (χ0) is 10.1. The molecule has 0 unspecified atom stereocenters. The zero-order valence-electron chi connectivity index (χ0n) is 8.50. The molecule has 0 aliphatic rings. The van der Waals surface area contributed by atoms with Crippen molar-refractivity contribution in [3.05, 3.63) is 16.1 Å². The molecule has 3 heteroatoms. The lowest BCUT2D eigenvalue weighted by atomic mass is 9.95. The lowest BCUT2D eigenvalue weighted by Gasteiger charge is -2.12. The molecule has 1 heterocycles. The molecular weight excluding hydrogens is 182 g/mol. The summed E-state index contributed by atoms with van der Waals surface area (Å²) in [6.45, 7) is 8.04. The molecule has 0 N–H and O–H groups in total. The number of carbonyl (C=O) groups is 1. The number of aromatic nitrogens is 1. The Morgan fingerprint density at radius 1 is 1.54 bits per heavy atom. The summed E-state index contributed by atoms with van der Waals surface area (Å²) in [5, 5.41) is 1.10. The van der Waals surface area contributed by atoms with Gasteiger partial charge in [-0.3, -0.25) is 0 Å². The SMILES string of the molecule is CC(C)c1ncc(C(C)(C)C=O)s1. The lowest BCUT2D eigenvalue weighted by Crippen LogP contribution is -2.16. The average Bonchev–Trinajstić information content (AvgIpc) is 2.52. The van der Waals surface area contributed by atoms with Crippen LogP contribution in [-0.4, -0.2) is 11.3 Å². The van der Waals surface area contributed by atoms with Gasteiger partial charge in [-0.15, -0.1) is 11.3 Å². The van der Waals surface area contributed by atoms with Crippen LogP contribution in [0.3, 0.4) is 0 Å². The molecule has 72 valence electrons. The molecule has 0 amide bonds. The summed E-state index contributed by atoms with van der Waals surface area (Å²) in [6, 6.07) is 0. The summed E-state index contributed by atoms with van der Waals surface area (Å²) in [7, 11) is 0. The van der Waals surface area contributed by atoms with Crippen molar-refractivity contribution in [2.45, 2.75) is 39.0 Å². The first-order valence-corrected chi connectivity index (χ1v) is 5.21. The van der Waals surface area contributed by atoms with Gasteiger partial charge in [-0.25, -0.2) is 4.98 Å². The Hall–Kier alpha value is -0.700. The minimum Gasteiger partial charge on any atom is -0.302 e. The Bertz CT molecular complexity index is 302. The molecule has 13 heavy (non-hydrogen) atoms. The van der Waals surface area contributed by atoms with Crippen molar-refractivity contribution in [3.8, 4) is 0 Å². The second-order valence-corrected chi connectivity index (χ2v) is 5.12. The van der Waals surface area contributed by atoms with Gasteiger partial charge in [-0.1, -0.05) is 13.8 Å². The van der Waals surface area contributed by atoms with Crippen LogP contribution in [0.4, 0.5) is 0 Å².